The molecule has 19 heavy (non-hydrogen) atoms. The van der Waals surface area contributed by atoms with E-state index in [4.69, 9.17) is 0 Å². The normalized spacial score (nSPS) is 10.5. The lowest BCUT2D eigenvalue weighted by molar-refractivity contribution is -0.505. The van der Waals surface area contributed by atoms with Crippen LogP contribution in [0.15, 0.2) is 36.4 Å². The molecule has 0 N–H and O–H groups in total. The molecule has 2 rings (SSSR count). The van der Waals surface area contributed by atoms with Gasteiger partial charge in [0.1, 0.15) is 13.8 Å². The van der Waals surface area contributed by atoms with Crippen LogP contribution in [0.3, 0.4) is 0 Å². The van der Waals surface area contributed by atoms with Gasteiger partial charge in [0.2, 0.25) is 0 Å². The van der Waals surface area contributed by atoms with Gasteiger partial charge < -0.3 is 0 Å². The smallest absolute Gasteiger partial charge is 0.170 e. The molecule has 98 valence electrons. The minimum Gasteiger partial charge on any atom is -0.240 e. The van der Waals surface area contributed by atoms with Gasteiger partial charge in [0.05, 0.1) is 5.56 Å². The van der Waals surface area contributed by atoms with Gasteiger partial charge in [-0.15, -0.1) is 0 Å². The van der Waals surface area contributed by atoms with Crippen LogP contribution in [-0.2, 0) is 6.54 Å². The van der Waals surface area contributed by atoms with Crippen LogP contribution in [-0.4, -0.2) is 18.3 Å². The molecule has 1 nitrogen and oxygen atoms in total. The van der Waals surface area contributed by atoms with Gasteiger partial charge in [0.25, 0.3) is 0 Å². The van der Waals surface area contributed by atoms with Crippen LogP contribution in [0.1, 0.15) is 11.1 Å². The highest BCUT2D eigenvalue weighted by Crippen LogP contribution is 2.26. The van der Waals surface area contributed by atoms with Crippen LogP contribution in [0.5, 0.6) is 0 Å². The summed E-state index contributed by atoms with van der Waals surface area (Å²) < 4.78 is 29.6. The van der Waals surface area contributed by atoms with Gasteiger partial charge in [-0.25, -0.2) is 13.4 Å². The lowest BCUT2D eigenvalue weighted by Crippen LogP contribution is -2.06. The molecule has 0 unspecified atom stereocenters. The number of nitrogens with zero attached hydrogens (tertiary/aromatic N) is 1. The van der Waals surface area contributed by atoms with Gasteiger partial charge in [0.15, 0.2) is 18.2 Å². The molecule has 2 aromatic carbocycles. The molecule has 3 heteroatoms. The largest absolute Gasteiger partial charge is 0.240 e. The molecule has 0 bridgehead atoms. The number of benzene rings is 2. The Labute approximate surface area is 111 Å². The van der Waals surface area contributed by atoms with Crippen molar-refractivity contribution in [3.63, 3.8) is 0 Å². The average Bonchev–Trinajstić information content (AvgIpc) is 2.36. The molecule has 0 spiro atoms. The summed E-state index contributed by atoms with van der Waals surface area (Å²) in [5, 5.41) is 0. The van der Waals surface area contributed by atoms with Crippen LogP contribution < -0.4 is 0 Å². The zero-order valence-corrected chi connectivity index (χ0v) is 11.1. The second-order valence-electron chi connectivity index (χ2n) is 4.78. The van der Waals surface area contributed by atoms with E-state index >= 15 is 0 Å². The van der Waals surface area contributed by atoms with Crippen molar-refractivity contribution in [1.29, 1.82) is 0 Å². The standard InChI is InChI=1S/C16H16F2N/c1-11-4-6-12(7-5-11)14-9-8-13(10-19(2)3)15(17)16(14)18/h4-9H,2,10H2,1,3H3/q+1. The van der Waals surface area contributed by atoms with E-state index in [2.05, 4.69) is 6.72 Å². The maximum atomic E-state index is 14.1. The van der Waals surface area contributed by atoms with Gasteiger partial charge in [-0.1, -0.05) is 35.9 Å². The van der Waals surface area contributed by atoms with Gasteiger partial charge in [-0.3, -0.25) is 0 Å². The quantitative estimate of drug-likeness (QED) is 0.583. The third-order valence-electron chi connectivity index (χ3n) is 2.97. The minimum absolute atomic E-state index is 0.275. The van der Waals surface area contributed by atoms with Gasteiger partial charge in [-0.2, -0.15) is 0 Å². The highest BCUT2D eigenvalue weighted by atomic mass is 19.2. The van der Waals surface area contributed by atoms with Crippen molar-refractivity contribution in [3.8, 4) is 11.1 Å². The lowest BCUT2D eigenvalue weighted by atomic mass is 10.0. The topological polar surface area (TPSA) is 3.01 Å². The second-order valence-corrected chi connectivity index (χ2v) is 4.78. The van der Waals surface area contributed by atoms with E-state index in [1.165, 1.54) is 0 Å². The van der Waals surface area contributed by atoms with E-state index in [0.717, 1.165) is 5.56 Å². The van der Waals surface area contributed by atoms with Crippen LogP contribution in [0.2, 0.25) is 0 Å². The zero-order valence-electron chi connectivity index (χ0n) is 11.1. The van der Waals surface area contributed by atoms with Gasteiger partial charge in [0, 0.05) is 5.56 Å². The fourth-order valence-electron chi connectivity index (χ4n) is 1.96. The summed E-state index contributed by atoms with van der Waals surface area (Å²) in [5.41, 5.74) is 2.36. The predicted octanol–water partition coefficient (Wildman–Crippen LogP) is 3.78. The Morgan fingerprint density at radius 1 is 1.00 bits per heavy atom. The average molecular weight is 260 g/mol. The van der Waals surface area contributed by atoms with E-state index in [9.17, 15) is 8.78 Å². The number of hydrogen-bond acceptors (Lipinski definition) is 0. The summed E-state index contributed by atoms with van der Waals surface area (Å²) in [5.74, 6) is -1.60. The molecule has 0 aliphatic heterocycles. The van der Waals surface area contributed by atoms with Gasteiger partial charge in [-0.05, 0) is 18.6 Å². The fraction of sp³-hybridized carbons (Fsp3) is 0.188. The molecule has 2 aromatic rings. The van der Waals surface area contributed by atoms with Crippen LogP contribution >= 0.6 is 0 Å². The van der Waals surface area contributed by atoms with E-state index in [1.807, 2.05) is 19.1 Å². The molecule has 0 heterocycles. The summed E-state index contributed by atoms with van der Waals surface area (Å²) in [6, 6.07) is 10.6. The third kappa shape index (κ3) is 2.87. The molecular weight excluding hydrogens is 244 g/mol. The maximum absolute atomic E-state index is 14.1. The molecule has 0 aliphatic rings. The number of rotatable bonds is 3. The first kappa shape index (κ1) is 13.4. The van der Waals surface area contributed by atoms with Crippen molar-refractivity contribution in [1.82, 2.24) is 0 Å². The summed E-state index contributed by atoms with van der Waals surface area (Å²) in [6.07, 6.45) is 0. The van der Waals surface area contributed by atoms with Crippen molar-refractivity contribution in [2.24, 2.45) is 0 Å². The Hall–Kier alpha value is -2.03. The van der Waals surface area contributed by atoms with Crippen molar-refractivity contribution < 1.29 is 13.4 Å². The van der Waals surface area contributed by atoms with Crippen molar-refractivity contribution in [3.05, 3.63) is 59.2 Å². The monoisotopic (exact) mass is 260 g/mol. The van der Waals surface area contributed by atoms with Crippen LogP contribution in [0.4, 0.5) is 8.78 Å². The Balaban J connectivity index is 2.46. The van der Waals surface area contributed by atoms with Crippen molar-refractivity contribution in [2.45, 2.75) is 13.5 Å². The van der Waals surface area contributed by atoms with E-state index in [-0.39, 0.29) is 12.1 Å². The van der Waals surface area contributed by atoms with Crippen LogP contribution in [0, 0.1) is 18.6 Å². The molecule has 0 atom stereocenters. The van der Waals surface area contributed by atoms with Crippen molar-refractivity contribution in [2.75, 3.05) is 7.05 Å². The number of aryl methyl sites for hydroxylation is 1. The Morgan fingerprint density at radius 3 is 2.21 bits per heavy atom. The SMILES string of the molecule is C=[N+](C)Cc1ccc(-c2ccc(C)cc2)c(F)c1F. The van der Waals surface area contributed by atoms with E-state index < -0.39 is 11.6 Å². The fourth-order valence-corrected chi connectivity index (χ4v) is 1.96. The molecule has 0 aliphatic carbocycles. The molecule has 0 saturated carbocycles. The Morgan fingerprint density at radius 2 is 1.63 bits per heavy atom. The summed E-state index contributed by atoms with van der Waals surface area (Å²) >= 11 is 0. The number of hydrogen-bond donors (Lipinski definition) is 0. The molecular formula is C16H16F2N+. The zero-order chi connectivity index (χ0) is 14.0. The van der Waals surface area contributed by atoms with E-state index in [1.54, 1.807) is 35.9 Å². The second kappa shape index (κ2) is 5.31. The highest BCUT2D eigenvalue weighted by Gasteiger charge is 2.16. The summed E-state index contributed by atoms with van der Waals surface area (Å²) in [7, 11) is 1.71. The Kier molecular flexibility index (Phi) is 3.74. The molecule has 0 aromatic heterocycles. The molecule has 0 radical (unpaired) electrons. The first-order chi connectivity index (χ1) is 8.99. The van der Waals surface area contributed by atoms with Gasteiger partial charge >= 0.3 is 0 Å². The minimum atomic E-state index is -0.803. The molecule has 0 fully saturated rings. The first-order valence-corrected chi connectivity index (χ1v) is 6.04. The van der Waals surface area contributed by atoms with E-state index in [0.29, 0.717) is 11.1 Å². The molecule has 0 amide bonds. The van der Waals surface area contributed by atoms with Crippen molar-refractivity contribution >= 4 is 6.72 Å². The summed E-state index contributed by atoms with van der Waals surface area (Å²) in [6.45, 7) is 5.87. The predicted molar refractivity (Wildman–Crippen MR) is 73.5 cm³/mol. The summed E-state index contributed by atoms with van der Waals surface area (Å²) in [4.78, 5) is 0. The number of halogens is 2. The Bertz CT molecular complexity index is 615. The lowest BCUT2D eigenvalue weighted by Gasteiger charge is -2.07. The molecule has 0 saturated heterocycles. The third-order valence-corrected chi connectivity index (χ3v) is 2.97. The maximum Gasteiger partial charge on any atom is 0.170 e. The first-order valence-electron chi connectivity index (χ1n) is 6.04. The van der Waals surface area contributed by atoms with Crippen LogP contribution in [0.25, 0.3) is 11.1 Å². The highest BCUT2D eigenvalue weighted by molar-refractivity contribution is 5.65.